The molecule has 0 aromatic heterocycles. The fourth-order valence-electron chi connectivity index (χ4n) is 7.73. The van der Waals surface area contributed by atoms with Crippen LogP contribution in [0.1, 0.15) is 60.3 Å². The monoisotopic (exact) mass is 492 g/mol. The number of epoxide rings is 1. The van der Waals surface area contributed by atoms with E-state index in [0.717, 1.165) is 6.42 Å². The average molecular weight is 493 g/mol. The fraction of sp³-hybridized carbons (Fsp3) is 0.808. The van der Waals surface area contributed by atoms with E-state index in [0.29, 0.717) is 25.9 Å². The molecule has 9 heteroatoms. The first-order valence-electron chi connectivity index (χ1n) is 12.6. The van der Waals surface area contributed by atoms with Crippen molar-refractivity contribution in [2.24, 2.45) is 28.6 Å². The van der Waals surface area contributed by atoms with Gasteiger partial charge in [0.15, 0.2) is 0 Å². The van der Waals surface area contributed by atoms with Crippen LogP contribution >= 0.6 is 0 Å². The van der Waals surface area contributed by atoms with E-state index in [4.69, 9.17) is 28.4 Å². The molecule has 9 nitrogen and oxygen atoms in total. The van der Waals surface area contributed by atoms with Crippen LogP contribution in [0.4, 0.5) is 0 Å². The number of hydrogen-bond acceptors (Lipinski definition) is 9. The smallest absolute Gasteiger partial charge is 0.302 e. The molecule has 5 rings (SSSR count). The molecule has 0 aromatic carbocycles. The zero-order valence-electron chi connectivity index (χ0n) is 21.1. The third-order valence-corrected chi connectivity index (χ3v) is 9.50. The first-order valence-corrected chi connectivity index (χ1v) is 12.6. The summed E-state index contributed by atoms with van der Waals surface area (Å²) >= 11 is 0. The highest BCUT2D eigenvalue weighted by atomic mass is 16.7. The second kappa shape index (κ2) is 8.47. The van der Waals surface area contributed by atoms with Crippen molar-refractivity contribution in [2.45, 2.75) is 90.5 Å². The Bertz CT molecular complexity index is 926. The van der Waals surface area contributed by atoms with Crippen molar-refractivity contribution in [3.63, 3.8) is 0 Å². The average Bonchev–Trinajstić information content (AvgIpc) is 3.19. The van der Waals surface area contributed by atoms with Crippen molar-refractivity contribution in [3.05, 3.63) is 12.3 Å². The van der Waals surface area contributed by atoms with E-state index in [2.05, 4.69) is 13.8 Å². The summed E-state index contributed by atoms with van der Waals surface area (Å²) in [6.45, 7) is 9.07. The molecule has 194 valence electrons. The van der Waals surface area contributed by atoms with E-state index in [-0.39, 0.29) is 54.8 Å². The number of hydrogen-bond donors (Lipinski definition) is 0. The SMILES string of the molecule is CC(=O)OC[C@@]12[C@@H](OC(C)=O)C[C@@H](C)[C@](C)([C@@H]3C[C@H]4C=CO[C@@H]4O3)[C@H]1C[C@H](OC(C)=O)C[C@]21CO1. The van der Waals surface area contributed by atoms with Crippen LogP contribution in [0.2, 0.25) is 0 Å². The van der Waals surface area contributed by atoms with Crippen molar-refractivity contribution >= 4 is 17.9 Å². The summed E-state index contributed by atoms with van der Waals surface area (Å²) < 4.78 is 35.8. The van der Waals surface area contributed by atoms with E-state index >= 15 is 0 Å². The predicted octanol–water partition coefficient (Wildman–Crippen LogP) is 2.90. The first kappa shape index (κ1) is 24.6. The number of ether oxygens (including phenoxy) is 6. The largest absolute Gasteiger partial charge is 0.472 e. The lowest BCUT2D eigenvalue weighted by molar-refractivity contribution is -0.263. The summed E-state index contributed by atoms with van der Waals surface area (Å²) in [7, 11) is 0. The van der Waals surface area contributed by atoms with E-state index in [1.165, 1.54) is 20.8 Å². The Hall–Kier alpha value is -2.13. The molecule has 4 fully saturated rings. The summed E-state index contributed by atoms with van der Waals surface area (Å²) in [6, 6.07) is 0. The molecule has 0 amide bonds. The van der Waals surface area contributed by atoms with Gasteiger partial charge in [0.25, 0.3) is 0 Å². The van der Waals surface area contributed by atoms with E-state index in [1.54, 1.807) is 6.26 Å². The minimum absolute atomic E-state index is 0.0655. The summed E-state index contributed by atoms with van der Waals surface area (Å²) in [4.78, 5) is 36.3. The molecule has 2 saturated heterocycles. The second-order valence-electron chi connectivity index (χ2n) is 11.3. The molecule has 3 heterocycles. The number of carbonyl (C=O) groups is 3. The molecule has 10 atom stereocenters. The van der Waals surface area contributed by atoms with Gasteiger partial charge in [-0.25, -0.2) is 0 Å². The highest BCUT2D eigenvalue weighted by Gasteiger charge is 2.78. The van der Waals surface area contributed by atoms with Crippen molar-refractivity contribution in [2.75, 3.05) is 13.2 Å². The third kappa shape index (κ3) is 3.77. The number of esters is 3. The molecular weight excluding hydrogens is 456 g/mol. The molecule has 0 unspecified atom stereocenters. The molecule has 0 N–H and O–H groups in total. The van der Waals surface area contributed by atoms with Gasteiger partial charge in [-0.3, -0.25) is 14.4 Å². The maximum absolute atomic E-state index is 12.3. The Morgan fingerprint density at radius 1 is 1.03 bits per heavy atom. The van der Waals surface area contributed by atoms with Gasteiger partial charge in [0, 0.05) is 38.5 Å². The lowest BCUT2D eigenvalue weighted by Gasteiger charge is -2.64. The summed E-state index contributed by atoms with van der Waals surface area (Å²) in [5.41, 5.74) is -1.92. The van der Waals surface area contributed by atoms with Crippen LogP contribution in [0.25, 0.3) is 0 Å². The lowest BCUT2D eigenvalue weighted by atomic mass is 9.42. The number of carbonyl (C=O) groups excluding carboxylic acids is 3. The van der Waals surface area contributed by atoms with Gasteiger partial charge < -0.3 is 28.4 Å². The molecule has 0 bridgehead atoms. The van der Waals surface area contributed by atoms with Gasteiger partial charge in [-0.1, -0.05) is 13.8 Å². The Morgan fingerprint density at radius 3 is 2.34 bits per heavy atom. The van der Waals surface area contributed by atoms with Gasteiger partial charge in [0.05, 0.1) is 24.4 Å². The van der Waals surface area contributed by atoms with Crippen LogP contribution in [0.15, 0.2) is 12.3 Å². The molecule has 0 radical (unpaired) electrons. The molecule has 35 heavy (non-hydrogen) atoms. The maximum Gasteiger partial charge on any atom is 0.302 e. The Kier molecular flexibility index (Phi) is 5.95. The lowest BCUT2D eigenvalue weighted by Crippen LogP contribution is -2.70. The first-order chi connectivity index (χ1) is 16.5. The zero-order chi connectivity index (χ0) is 25.2. The van der Waals surface area contributed by atoms with Crippen LogP contribution in [0, 0.1) is 28.6 Å². The van der Waals surface area contributed by atoms with Crippen molar-refractivity contribution in [1.82, 2.24) is 0 Å². The highest BCUT2D eigenvalue weighted by molar-refractivity contribution is 5.67. The minimum atomic E-state index is -0.792. The van der Waals surface area contributed by atoms with Gasteiger partial charge in [-0.05, 0) is 37.2 Å². The molecule has 2 aliphatic carbocycles. The maximum atomic E-state index is 12.3. The zero-order valence-corrected chi connectivity index (χ0v) is 21.1. The number of rotatable bonds is 5. The highest BCUT2D eigenvalue weighted by Crippen LogP contribution is 2.70. The third-order valence-electron chi connectivity index (χ3n) is 9.50. The Morgan fingerprint density at radius 2 is 1.74 bits per heavy atom. The van der Waals surface area contributed by atoms with Crippen LogP contribution < -0.4 is 0 Å². The van der Waals surface area contributed by atoms with Gasteiger partial charge in [0.2, 0.25) is 6.29 Å². The van der Waals surface area contributed by atoms with Crippen LogP contribution in [0.3, 0.4) is 0 Å². The van der Waals surface area contributed by atoms with Gasteiger partial charge in [-0.2, -0.15) is 0 Å². The van der Waals surface area contributed by atoms with Crippen LogP contribution in [0.5, 0.6) is 0 Å². The van der Waals surface area contributed by atoms with Gasteiger partial charge in [-0.15, -0.1) is 0 Å². The summed E-state index contributed by atoms with van der Waals surface area (Å²) in [5.74, 6) is -1.02. The molecule has 5 aliphatic rings. The summed E-state index contributed by atoms with van der Waals surface area (Å²) in [6.07, 6.45) is 4.83. The molecule has 1 spiro atoms. The van der Waals surface area contributed by atoms with Crippen molar-refractivity contribution < 1.29 is 42.8 Å². The van der Waals surface area contributed by atoms with Crippen molar-refractivity contribution in [3.8, 4) is 0 Å². The second-order valence-corrected chi connectivity index (χ2v) is 11.3. The Balaban J connectivity index is 1.61. The van der Waals surface area contributed by atoms with Gasteiger partial charge in [0.1, 0.15) is 24.4 Å². The number of fused-ring (bicyclic) bond motifs is 3. The van der Waals surface area contributed by atoms with E-state index in [1.807, 2.05) is 6.08 Å². The van der Waals surface area contributed by atoms with Gasteiger partial charge >= 0.3 is 17.9 Å². The van der Waals surface area contributed by atoms with Crippen LogP contribution in [-0.2, 0) is 42.8 Å². The topological polar surface area (TPSA) is 110 Å². The predicted molar refractivity (Wildman–Crippen MR) is 120 cm³/mol. The van der Waals surface area contributed by atoms with E-state index in [9.17, 15) is 14.4 Å². The fourth-order valence-corrected chi connectivity index (χ4v) is 7.73. The normalized spacial score (nSPS) is 47.4. The quantitative estimate of drug-likeness (QED) is 0.325. The standard InChI is InChI=1S/C26H36O9/c1-14-8-22(34-17(4)29)26(13-31-15(2)27)20(10-19(33-16(3)28)11-25(26)12-32-25)24(14,5)21-9-18-6-7-30-23(18)35-21/h6-7,14,18-23H,8-13H2,1-5H3/t14-,18-,19+,20-,21+,22+,23-,24+,25+,26+/m1/s1. The summed E-state index contributed by atoms with van der Waals surface area (Å²) in [5, 5.41) is 0. The molecule has 0 aromatic rings. The van der Waals surface area contributed by atoms with E-state index < -0.39 is 28.5 Å². The van der Waals surface area contributed by atoms with Crippen LogP contribution in [-0.4, -0.2) is 61.3 Å². The molecule has 2 saturated carbocycles. The molecular formula is C26H36O9. The molecule has 3 aliphatic heterocycles. The minimum Gasteiger partial charge on any atom is -0.472 e. The Labute approximate surface area is 205 Å². The van der Waals surface area contributed by atoms with Crippen molar-refractivity contribution in [1.29, 1.82) is 0 Å².